The quantitative estimate of drug-likeness (QED) is 0.395. The maximum Gasteiger partial charge on any atom is 0.284 e. The van der Waals surface area contributed by atoms with Gasteiger partial charge in [0.2, 0.25) is 11.8 Å². The van der Waals surface area contributed by atoms with Crippen LogP contribution in [0.5, 0.6) is 0 Å². The Bertz CT molecular complexity index is 1540. The van der Waals surface area contributed by atoms with Gasteiger partial charge >= 0.3 is 0 Å². The van der Waals surface area contributed by atoms with Crippen LogP contribution in [0.2, 0.25) is 0 Å². The summed E-state index contributed by atoms with van der Waals surface area (Å²) < 4.78 is 7.92. The normalized spacial score (nSPS) is 16.9. The minimum atomic E-state index is -0.692. The molecular formula is C26H23BrN6O3. The molecule has 2 aromatic heterocycles. The van der Waals surface area contributed by atoms with E-state index in [1.165, 1.54) is 5.56 Å². The molecule has 0 radical (unpaired) electrons. The zero-order valence-electron chi connectivity index (χ0n) is 19.5. The van der Waals surface area contributed by atoms with Gasteiger partial charge in [-0.1, -0.05) is 30.3 Å². The fraction of sp³-hybridized carbons (Fsp3) is 0.231. The first-order valence-corrected chi connectivity index (χ1v) is 12.5. The number of fused-ring (bicyclic) bond motifs is 4. The molecule has 6 rings (SSSR count). The number of hydrogen-bond acceptors (Lipinski definition) is 6. The van der Waals surface area contributed by atoms with Crippen LogP contribution < -0.4 is 10.6 Å². The standard InChI is InChI=1S/C26H23BrN6O3/c1-2-31-25(35)20-23(33-14-18(29-26(31)33)11-15-6-4-3-5-7-15)30-24(22(28)34)32(20)13-16-10-17-8-9-36-21(17)19(27)12-16/h3-10,12,18H,2,11,13-14H2,1H3,(H2,28,34)/t18-/m1/s1. The second-order valence-corrected chi connectivity index (χ2v) is 9.76. The number of imidazole rings is 1. The van der Waals surface area contributed by atoms with Crippen molar-refractivity contribution >= 4 is 50.5 Å². The number of carbonyl (C=O) groups is 2. The second-order valence-electron chi connectivity index (χ2n) is 8.91. The number of primary amides is 1. The van der Waals surface area contributed by atoms with Gasteiger partial charge in [-0.25, -0.2) is 9.98 Å². The van der Waals surface area contributed by atoms with Crippen LogP contribution in [0.25, 0.3) is 11.0 Å². The highest BCUT2D eigenvalue weighted by Gasteiger charge is 2.44. The SMILES string of the molecule is CCN1C(=O)c2c(nc(C(N)=O)n2Cc2cc(Br)c3occc3c2)N2C[C@@H](Cc3ccccc3)N=C12. The number of nitrogens with two attached hydrogens (primary N) is 1. The maximum absolute atomic E-state index is 13.7. The molecule has 4 heterocycles. The highest BCUT2D eigenvalue weighted by molar-refractivity contribution is 9.10. The number of benzene rings is 2. The number of rotatable bonds is 6. The van der Waals surface area contributed by atoms with Gasteiger partial charge in [0.1, 0.15) is 5.58 Å². The maximum atomic E-state index is 13.7. The summed E-state index contributed by atoms with van der Waals surface area (Å²) in [6.45, 7) is 3.16. The smallest absolute Gasteiger partial charge is 0.284 e. The van der Waals surface area contributed by atoms with Crippen molar-refractivity contribution in [2.45, 2.75) is 25.9 Å². The molecule has 2 aromatic carbocycles. The average Bonchev–Trinajstić information content (AvgIpc) is 3.58. The first kappa shape index (κ1) is 22.5. The Morgan fingerprint density at radius 2 is 2.00 bits per heavy atom. The van der Waals surface area contributed by atoms with Gasteiger partial charge in [0.05, 0.1) is 29.9 Å². The number of nitrogens with zero attached hydrogens (tertiary/aromatic N) is 5. The number of anilines is 1. The zero-order valence-corrected chi connectivity index (χ0v) is 21.1. The van der Waals surface area contributed by atoms with Crippen LogP contribution in [0.3, 0.4) is 0 Å². The molecule has 36 heavy (non-hydrogen) atoms. The Balaban J connectivity index is 1.42. The molecule has 0 saturated heterocycles. The molecule has 0 spiro atoms. The van der Waals surface area contributed by atoms with E-state index in [9.17, 15) is 9.59 Å². The van der Waals surface area contributed by atoms with E-state index in [1.807, 2.05) is 48.2 Å². The molecule has 2 amide bonds. The molecule has 182 valence electrons. The Kier molecular flexibility index (Phi) is 5.40. The van der Waals surface area contributed by atoms with Crippen LogP contribution in [-0.2, 0) is 13.0 Å². The van der Waals surface area contributed by atoms with Gasteiger partial charge in [-0.15, -0.1) is 0 Å². The lowest BCUT2D eigenvalue weighted by molar-refractivity contribution is 0.0836. The molecule has 2 aliphatic heterocycles. The lowest BCUT2D eigenvalue weighted by atomic mass is 10.1. The number of hydrogen-bond donors (Lipinski definition) is 1. The summed E-state index contributed by atoms with van der Waals surface area (Å²) in [6.07, 6.45) is 2.36. The zero-order chi connectivity index (χ0) is 25.0. The van der Waals surface area contributed by atoms with Crippen LogP contribution in [-0.4, -0.2) is 51.4 Å². The van der Waals surface area contributed by atoms with E-state index in [-0.39, 0.29) is 24.3 Å². The predicted molar refractivity (Wildman–Crippen MR) is 139 cm³/mol. The summed E-state index contributed by atoms with van der Waals surface area (Å²) in [6, 6.07) is 15.8. The third-order valence-corrected chi connectivity index (χ3v) is 7.17. The largest absolute Gasteiger partial charge is 0.463 e. The Labute approximate surface area is 215 Å². The number of guanidine groups is 1. The van der Waals surface area contributed by atoms with Gasteiger partial charge in [0, 0.05) is 11.9 Å². The van der Waals surface area contributed by atoms with Crippen molar-refractivity contribution in [3.05, 3.63) is 81.9 Å². The molecule has 2 N–H and O–H groups in total. The monoisotopic (exact) mass is 546 g/mol. The molecule has 9 nitrogen and oxygen atoms in total. The van der Waals surface area contributed by atoms with Crippen molar-refractivity contribution in [1.82, 2.24) is 14.5 Å². The van der Waals surface area contributed by atoms with Crippen LogP contribution >= 0.6 is 15.9 Å². The summed E-state index contributed by atoms with van der Waals surface area (Å²) in [7, 11) is 0. The molecule has 0 fully saturated rings. The predicted octanol–water partition coefficient (Wildman–Crippen LogP) is 3.80. The molecule has 2 aliphatic rings. The third-order valence-electron chi connectivity index (χ3n) is 6.58. The lowest BCUT2D eigenvalue weighted by Crippen LogP contribution is -2.50. The molecule has 1 atom stereocenters. The number of furan rings is 1. The van der Waals surface area contributed by atoms with E-state index in [1.54, 1.807) is 15.7 Å². The van der Waals surface area contributed by atoms with Gasteiger partial charge in [-0.05, 0) is 58.6 Å². The summed E-state index contributed by atoms with van der Waals surface area (Å²) in [5, 5.41) is 0.910. The van der Waals surface area contributed by atoms with Crippen molar-refractivity contribution in [1.29, 1.82) is 0 Å². The van der Waals surface area contributed by atoms with E-state index in [4.69, 9.17) is 15.1 Å². The fourth-order valence-electron chi connectivity index (χ4n) is 5.01. The first-order valence-electron chi connectivity index (χ1n) is 11.7. The van der Waals surface area contributed by atoms with Crippen LogP contribution in [0.15, 0.2) is 68.7 Å². The van der Waals surface area contributed by atoms with Crippen molar-refractivity contribution in [2.75, 3.05) is 18.0 Å². The van der Waals surface area contributed by atoms with E-state index in [0.29, 0.717) is 30.6 Å². The second kappa shape index (κ2) is 8.63. The minimum Gasteiger partial charge on any atom is -0.463 e. The fourth-order valence-corrected chi connectivity index (χ4v) is 5.63. The Morgan fingerprint density at radius 1 is 1.19 bits per heavy atom. The number of halogens is 1. The molecule has 10 heteroatoms. The van der Waals surface area contributed by atoms with Gasteiger partial charge in [-0.2, -0.15) is 0 Å². The lowest BCUT2D eigenvalue weighted by Gasteiger charge is -2.33. The van der Waals surface area contributed by atoms with Crippen molar-refractivity contribution in [3.63, 3.8) is 0 Å². The van der Waals surface area contributed by atoms with E-state index >= 15 is 0 Å². The molecular weight excluding hydrogens is 524 g/mol. The van der Waals surface area contributed by atoms with Crippen LogP contribution in [0, 0.1) is 0 Å². The molecule has 0 unspecified atom stereocenters. The first-order chi connectivity index (χ1) is 17.4. The minimum absolute atomic E-state index is 0.0422. The van der Waals surface area contributed by atoms with E-state index in [0.717, 1.165) is 27.4 Å². The van der Waals surface area contributed by atoms with Crippen LogP contribution in [0.4, 0.5) is 5.82 Å². The number of aliphatic imine (C=N–C) groups is 1. The Morgan fingerprint density at radius 3 is 2.75 bits per heavy atom. The average molecular weight is 547 g/mol. The van der Waals surface area contributed by atoms with Crippen molar-refractivity contribution in [2.24, 2.45) is 10.7 Å². The van der Waals surface area contributed by atoms with Crippen LogP contribution in [0.1, 0.15) is 39.2 Å². The number of amides is 2. The van der Waals surface area contributed by atoms with E-state index < -0.39 is 5.91 Å². The van der Waals surface area contributed by atoms with Gasteiger partial charge < -0.3 is 14.7 Å². The third kappa shape index (κ3) is 3.60. The Hall–Kier alpha value is -3.92. The molecule has 4 aromatic rings. The number of carbonyl (C=O) groups excluding carboxylic acids is 2. The highest BCUT2D eigenvalue weighted by atomic mass is 79.9. The van der Waals surface area contributed by atoms with Crippen molar-refractivity contribution in [3.8, 4) is 0 Å². The summed E-state index contributed by atoms with van der Waals surface area (Å²) in [5.74, 6) is 0.101. The summed E-state index contributed by atoms with van der Waals surface area (Å²) >= 11 is 3.55. The topological polar surface area (TPSA) is 110 Å². The van der Waals surface area contributed by atoms with E-state index in [2.05, 4.69) is 33.0 Å². The van der Waals surface area contributed by atoms with Gasteiger partial charge in [-0.3, -0.25) is 19.4 Å². The highest BCUT2D eigenvalue weighted by Crippen LogP contribution is 2.34. The van der Waals surface area contributed by atoms with Crippen molar-refractivity contribution < 1.29 is 14.0 Å². The van der Waals surface area contributed by atoms with Gasteiger partial charge in [0.15, 0.2) is 11.5 Å². The summed E-state index contributed by atoms with van der Waals surface area (Å²) in [4.78, 5) is 39.2. The summed E-state index contributed by atoms with van der Waals surface area (Å²) in [5.41, 5.74) is 8.86. The molecule has 0 saturated carbocycles. The van der Waals surface area contributed by atoms with Gasteiger partial charge in [0.25, 0.3) is 11.8 Å². The molecule has 0 bridgehead atoms. The number of aromatic nitrogens is 2. The molecule has 0 aliphatic carbocycles.